The van der Waals surface area contributed by atoms with Crippen molar-refractivity contribution in [1.82, 2.24) is 0 Å². The Labute approximate surface area is 92.0 Å². The number of hydrogen-bond donors (Lipinski definition) is 2. The second-order valence-electron chi connectivity index (χ2n) is 5.20. The van der Waals surface area contributed by atoms with Gasteiger partial charge in [0.2, 0.25) is 0 Å². The fourth-order valence-electron chi connectivity index (χ4n) is 2.87. The topological polar surface area (TPSA) is 63.3 Å². The maximum Gasteiger partial charge on any atom is 0.305 e. The molecule has 1 rings (SSSR count). The van der Waals surface area contributed by atoms with E-state index in [9.17, 15) is 4.79 Å². The molecule has 1 aliphatic carbocycles. The Morgan fingerprint density at radius 1 is 1.40 bits per heavy atom. The first kappa shape index (κ1) is 12.5. The van der Waals surface area contributed by atoms with E-state index in [0.29, 0.717) is 0 Å². The summed E-state index contributed by atoms with van der Waals surface area (Å²) in [5.41, 5.74) is 5.81. The molecule has 1 unspecified atom stereocenters. The zero-order valence-corrected chi connectivity index (χ0v) is 9.88. The van der Waals surface area contributed by atoms with Crippen molar-refractivity contribution in [2.24, 2.45) is 11.1 Å². The number of carboxylic acids is 1. The Morgan fingerprint density at radius 2 is 1.93 bits per heavy atom. The first-order valence-electron chi connectivity index (χ1n) is 5.94. The summed E-state index contributed by atoms with van der Waals surface area (Å²) in [4.78, 5) is 10.9. The Morgan fingerprint density at radius 3 is 2.33 bits per heavy atom. The number of hydrogen-bond acceptors (Lipinski definition) is 2. The molecule has 1 fully saturated rings. The molecule has 0 saturated heterocycles. The Bertz CT molecular complexity index is 234. The summed E-state index contributed by atoms with van der Waals surface area (Å²) in [5.74, 6) is -0.772. The lowest BCUT2D eigenvalue weighted by Gasteiger charge is -2.48. The van der Waals surface area contributed by atoms with E-state index in [1.165, 1.54) is 19.3 Å². The quantitative estimate of drug-likeness (QED) is 0.754. The zero-order chi connectivity index (χ0) is 11.5. The van der Waals surface area contributed by atoms with Gasteiger partial charge in [0.25, 0.3) is 0 Å². The average Bonchev–Trinajstić information content (AvgIpc) is 2.17. The highest BCUT2D eigenvalue weighted by molar-refractivity contribution is 5.68. The molecule has 3 N–H and O–H groups in total. The highest BCUT2D eigenvalue weighted by Crippen LogP contribution is 2.46. The van der Waals surface area contributed by atoms with Crippen LogP contribution in [0.1, 0.15) is 58.8 Å². The first-order chi connectivity index (χ1) is 6.93. The molecule has 3 nitrogen and oxygen atoms in total. The minimum absolute atomic E-state index is 0.0123. The molecule has 0 spiro atoms. The van der Waals surface area contributed by atoms with Gasteiger partial charge in [-0.1, -0.05) is 33.1 Å². The summed E-state index contributed by atoms with van der Waals surface area (Å²) >= 11 is 0. The summed E-state index contributed by atoms with van der Waals surface area (Å²) in [6.07, 6.45) is 6.64. The fourth-order valence-corrected chi connectivity index (χ4v) is 2.87. The van der Waals surface area contributed by atoms with Crippen LogP contribution < -0.4 is 5.73 Å². The summed E-state index contributed by atoms with van der Waals surface area (Å²) in [6, 6.07) is 0. The summed E-state index contributed by atoms with van der Waals surface area (Å²) in [6.45, 7) is 4.17. The molecule has 88 valence electrons. The van der Waals surface area contributed by atoms with Crippen LogP contribution in [-0.4, -0.2) is 16.6 Å². The first-order valence-corrected chi connectivity index (χ1v) is 5.94. The lowest BCUT2D eigenvalue weighted by molar-refractivity contribution is -0.140. The number of carboxylic acid groups (broad SMARTS) is 1. The Balaban J connectivity index is 2.82. The van der Waals surface area contributed by atoms with Gasteiger partial charge in [0.15, 0.2) is 0 Å². The lowest BCUT2D eigenvalue weighted by atomic mass is 9.61. The van der Waals surface area contributed by atoms with Crippen LogP contribution in [0.15, 0.2) is 0 Å². The van der Waals surface area contributed by atoms with E-state index >= 15 is 0 Å². The molecular formula is C12H23NO2. The van der Waals surface area contributed by atoms with Crippen LogP contribution >= 0.6 is 0 Å². The third-order valence-corrected chi connectivity index (χ3v) is 4.26. The molecule has 0 aromatic carbocycles. The number of carbonyl (C=O) groups is 1. The van der Waals surface area contributed by atoms with Crippen molar-refractivity contribution in [3.63, 3.8) is 0 Å². The van der Waals surface area contributed by atoms with E-state index in [-0.39, 0.29) is 11.8 Å². The molecule has 15 heavy (non-hydrogen) atoms. The van der Waals surface area contributed by atoms with Crippen LogP contribution in [0, 0.1) is 5.41 Å². The predicted molar refractivity (Wildman–Crippen MR) is 60.7 cm³/mol. The van der Waals surface area contributed by atoms with E-state index in [0.717, 1.165) is 19.3 Å². The van der Waals surface area contributed by atoms with Crippen molar-refractivity contribution in [1.29, 1.82) is 0 Å². The van der Waals surface area contributed by atoms with E-state index < -0.39 is 11.5 Å². The third-order valence-electron chi connectivity index (χ3n) is 4.26. The predicted octanol–water partition coefficient (Wildman–Crippen LogP) is 2.54. The second kappa shape index (κ2) is 4.52. The lowest BCUT2D eigenvalue weighted by Crippen LogP contribution is -2.55. The molecule has 0 aliphatic heterocycles. The number of rotatable bonds is 4. The standard InChI is InChI=1S/C12H23NO2/c1-3-12(13,9-10(14)15)11(2)7-5-4-6-8-11/h3-9,13H2,1-2H3,(H,14,15). The summed E-state index contributed by atoms with van der Waals surface area (Å²) in [5, 5.41) is 8.95. The molecule has 0 aromatic rings. The van der Waals surface area contributed by atoms with Crippen LogP contribution in [0.25, 0.3) is 0 Å². The van der Waals surface area contributed by atoms with Gasteiger partial charge in [0, 0.05) is 5.54 Å². The number of aliphatic carboxylic acids is 1. The highest BCUT2D eigenvalue weighted by Gasteiger charge is 2.45. The molecule has 1 aliphatic rings. The SMILES string of the molecule is CCC(N)(CC(=O)O)C1(C)CCCCC1. The van der Waals surface area contributed by atoms with Gasteiger partial charge in [-0.2, -0.15) is 0 Å². The van der Waals surface area contributed by atoms with Gasteiger partial charge >= 0.3 is 5.97 Å². The van der Waals surface area contributed by atoms with Gasteiger partial charge in [0.1, 0.15) is 0 Å². The van der Waals surface area contributed by atoms with Gasteiger partial charge < -0.3 is 10.8 Å². The summed E-state index contributed by atoms with van der Waals surface area (Å²) < 4.78 is 0. The van der Waals surface area contributed by atoms with Crippen LogP contribution in [0.5, 0.6) is 0 Å². The normalized spacial score (nSPS) is 24.5. The largest absolute Gasteiger partial charge is 0.481 e. The van der Waals surface area contributed by atoms with Crippen molar-refractivity contribution < 1.29 is 9.90 Å². The number of nitrogens with two attached hydrogens (primary N) is 1. The van der Waals surface area contributed by atoms with Crippen LogP contribution in [0.3, 0.4) is 0 Å². The minimum Gasteiger partial charge on any atom is -0.481 e. The molecule has 0 bridgehead atoms. The van der Waals surface area contributed by atoms with Gasteiger partial charge in [-0.05, 0) is 24.7 Å². The maximum absolute atomic E-state index is 10.9. The summed E-state index contributed by atoms with van der Waals surface area (Å²) in [7, 11) is 0. The average molecular weight is 213 g/mol. The van der Waals surface area contributed by atoms with E-state index in [2.05, 4.69) is 6.92 Å². The van der Waals surface area contributed by atoms with Crippen LogP contribution in [0.2, 0.25) is 0 Å². The van der Waals surface area contributed by atoms with Gasteiger partial charge in [-0.15, -0.1) is 0 Å². The van der Waals surface area contributed by atoms with Crippen molar-refractivity contribution >= 4 is 5.97 Å². The Kier molecular flexibility index (Phi) is 3.77. The van der Waals surface area contributed by atoms with E-state index in [1.807, 2.05) is 6.92 Å². The van der Waals surface area contributed by atoms with E-state index in [1.54, 1.807) is 0 Å². The molecule has 0 aromatic heterocycles. The minimum atomic E-state index is -0.772. The van der Waals surface area contributed by atoms with Crippen LogP contribution in [0.4, 0.5) is 0 Å². The molecule has 0 heterocycles. The third kappa shape index (κ3) is 2.51. The van der Waals surface area contributed by atoms with Gasteiger partial charge in [-0.25, -0.2) is 0 Å². The molecule has 1 atom stereocenters. The fraction of sp³-hybridized carbons (Fsp3) is 0.917. The maximum atomic E-state index is 10.9. The highest BCUT2D eigenvalue weighted by atomic mass is 16.4. The second-order valence-corrected chi connectivity index (χ2v) is 5.20. The van der Waals surface area contributed by atoms with Crippen molar-refractivity contribution in [3.05, 3.63) is 0 Å². The van der Waals surface area contributed by atoms with Gasteiger partial charge in [0.05, 0.1) is 6.42 Å². The monoisotopic (exact) mass is 213 g/mol. The van der Waals surface area contributed by atoms with Crippen molar-refractivity contribution in [3.8, 4) is 0 Å². The van der Waals surface area contributed by atoms with E-state index in [4.69, 9.17) is 10.8 Å². The zero-order valence-electron chi connectivity index (χ0n) is 9.88. The molecule has 3 heteroatoms. The Hall–Kier alpha value is -0.570. The van der Waals surface area contributed by atoms with Crippen LogP contribution in [-0.2, 0) is 4.79 Å². The molecule has 0 radical (unpaired) electrons. The smallest absolute Gasteiger partial charge is 0.305 e. The molecule has 0 amide bonds. The molecular weight excluding hydrogens is 190 g/mol. The van der Waals surface area contributed by atoms with Crippen molar-refractivity contribution in [2.45, 2.75) is 64.3 Å². The molecule has 1 saturated carbocycles. The van der Waals surface area contributed by atoms with Gasteiger partial charge in [-0.3, -0.25) is 4.79 Å². The van der Waals surface area contributed by atoms with Crippen molar-refractivity contribution in [2.75, 3.05) is 0 Å².